The summed E-state index contributed by atoms with van der Waals surface area (Å²) in [4.78, 5) is 0. The Labute approximate surface area is 96.7 Å². The molecule has 0 radical (unpaired) electrons. The van der Waals surface area contributed by atoms with Gasteiger partial charge in [-0.1, -0.05) is 46.8 Å². The summed E-state index contributed by atoms with van der Waals surface area (Å²) in [5, 5.41) is 0. The summed E-state index contributed by atoms with van der Waals surface area (Å²) >= 11 is 0. The molecule has 0 bridgehead atoms. The van der Waals surface area contributed by atoms with Crippen molar-refractivity contribution in [3.8, 4) is 0 Å². The zero-order valence-electron chi connectivity index (χ0n) is 11.9. The van der Waals surface area contributed by atoms with Gasteiger partial charge in [0.15, 0.2) is 0 Å². The molecule has 0 aromatic heterocycles. The van der Waals surface area contributed by atoms with Crippen molar-refractivity contribution in [1.82, 2.24) is 0 Å². The monoisotopic (exact) mass is 208 g/mol. The zero-order chi connectivity index (χ0) is 12.4. The number of aryl methyl sites for hydroxylation is 2. The Bertz CT molecular complexity index is 259. The summed E-state index contributed by atoms with van der Waals surface area (Å²) in [6.07, 6.45) is 1.15. The second-order valence-corrected chi connectivity index (χ2v) is 3.15. The van der Waals surface area contributed by atoms with Gasteiger partial charge < -0.3 is 0 Å². The van der Waals surface area contributed by atoms with Crippen molar-refractivity contribution in [2.24, 2.45) is 0 Å². The Hall–Kier alpha value is -0.780. The molecule has 15 heavy (non-hydrogen) atoms. The average molecular weight is 208 g/mol. The van der Waals surface area contributed by atoms with Crippen LogP contribution in [-0.2, 0) is 6.42 Å². The van der Waals surface area contributed by atoms with Crippen molar-refractivity contribution < 1.29 is 0 Å². The van der Waals surface area contributed by atoms with Crippen LogP contribution in [0.1, 0.15) is 56.9 Å². The number of benzene rings is 1. The molecule has 0 aliphatic rings. The third-order valence-electron chi connectivity index (χ3n) is 2.55. The lowest BCUT2D eigenvalue weighted by Gasteiger charge is -2.08. The van der Waals surface area contributed by atoms with Crippen LogP contribution in [0, 0.1) is 20.8 Å². The molecule has 0 spiro atoms. The molecule has 0 saturated carbocycles. The van der Waals surface area contributed by atoms with E-state index in [1.165, 1.54) is 22.3 Å². The third kappa shape index (κ3) is 5.01. The molecule has 0 nitrogen and oxygen atoms in total. The summed E-state index contributed by atoms with van der Waals surface area (Å²) in [6, 6.07) is 4.44. The number of rotatable bonds is 1. The first-order valence-corrected chi connectivity index (χ1v) is 6.22. The van der Waals surface area contributed by atoms with Crippen LogP contribution in [0.3, 0.4) is 0 Å². The van der Waals surface area contributed by atoms with Crippen LogP contribution in [0.4, 0.5) is 0 Å². The van der Waals surface area contributed by atoms with Crippen molar-refractivity contribution in [1.29, 1.82) is 0 Å². The smallest absolute Gasteiger partial charge is 0.0305 e. The van der Waals surface area contributed by atoms with Crippen molar-refractivity contribution in [3.05, 3.63) is 34.4 Å². The standard InChI is InChI=1S/C11H16.2C2H6/c1-5-11-7-6-8(2)9(3)10(11)4;2*1-2/h6-7H,5H2,1-4H3;2*1-2H3. The minimum Gasteiger partial charge on any atom is -0.0683 e. The van der Waals surface area contributed by atoms with Gasteiger partial charge in [0.05, 0.1) is 0 Å². The van der Waals surface area contributed by atoms with E-state index < -0.39 is 0 Å². The molecule has 0 fully saturated rings. The molecule has 0 aliphatic carbocycles. The predicted octanol–water partition coefficient (Wildman–Crippen LogP) is 5.23. The maximum absolute atomic E-state index is 2.23. The fourth-order valence-corrected chi connectivity index (χ4v) is 1.40. The van der Waals surface area contributed by atoms with Gasteiger partial charge in [-0.25, -0.2) is 0 Å². The van der Waals surface area contributed by atoms with E-state index in [4.69, 9.17) is 0 Å². The highest BCUT2D eigenvalue weighted by Gasteiger charge is 2.00. The molecule has 88 valence electrons. The largest absolute Gasteiger partial charge is 0.0683 e. The Balaban J connectivity index is 0. The van der Waals surface area contributed by atoms with Crippen LogP contribution < -0.4 is 0 Å². The lowest BCUT2D eigenvalue weighted by Crippen LogP contribution is -1.92. The van der Waals surface area contributed by atoms with Gasteiger partial charge in [-0.15, -0.1) is 0 Å². The van der Waals surface area contributed by atoms with Crippen LogP contribution in [0.25, 0.3) is 0 Å². The van der Waals surface area contributed by atoms with Crippen LogP contribution in [0.15, 0.2) is 12.1 Å². The highest BCUT2D eigenvalue weighted by Crippen LogP contribution is 2.16. The van der Waals surface area contributed by atoms with Gasteiger partial charge in [0.1, 0.15) is 0 Å². The molecule has 1 rings (SSSR count). The molecule has 0 heterocycles. The van der Waals surface area contributed by atoms with Gasteiger partial charge in [0, 0.05) is 0 Å². The van der Waals surface area contributed by atoms with Crippen molar-refractivity contribution in [2.75, 3.05) is 0 Å². The minimum absolute atomic E-state index is 1.15. The molecule has 0 unspecified atom stereocenters. The van der Waals surface area contributed by atoms with E-state index in [9.17, 15) is 0 Å². The SMILES string of the molecule is CC.CC.CCc1ccc(C)c(C)c1C. The summed E-state index contributed by atoms with van der Waals surface area (Å²) < 4.78 is 0. The normalized spacial score (nSPS) is 8.27. The predicted molar refractivity (Wildman–Crippen MR) is 72.7 cm³/mol. The van der Waals surface area contributed by atoms with Gasteiger partial charge in [0.25, 0.3) is 0 Å². The average Bonchev–Trinajstić information content (AvgIpc) is 2.32. The summed E-state index contributed by atoms with van der Waals surface area (Å²) in [5.74, 6) is 0. The van der Waals surface area contributed by atoms with Gasteiger partial charge >= 0.3 is 0 Å². The molecule has 0 saturated heterocycles. The van der Waals surface area contributed by atoms with Crippen molar-refractivity contribution in [3.63, 3.8) is 0 Å². The van der Waals surface area contributed by atoms with E-state index >= 15 is 0 Å². The first kappa shape index (κ1) is 16.6. The van der Waals surface area contributed by atoms with Crippen LogP contribution in [0.5, 0.6) is 0 Å². The third-order valence-corrected chi connectivity index (χ3v) is 2.55. The Morgan fingerprint density at radius 2 is 1.27 bits per heavy atom. The quantitative estimate of drug-likeness (QED) is 0.593. The number of hydrogen-bond donors (Lipinski definition) is 0. The van der Waals surface area contributed by atoms with Crippen LogP contribution in [0.2, 0.25) is 0 Å². The van der Waals surface area contributed by atoms with Crippen LogP contribution in [-0.4, -0.2) is 0 Å². The van der Waals surface area contributed by atoms with E-state index in [1.807, 2.05) is 27.7 Å². The molecule has 0 heteroatoms. The second-order valence-electron chi connectivity index (χ2n) is 3.15. The van der Waals surface area contributed by atoms with E-state index in [2.05, 4.69) is 39.8 Å². The van der Waals surface area contributed by atoms with E-state index in [0.717, 1.165) is 6.42 Å². The number of hydrogen-bond acceptors (Lipinski definition) is 0. The second kappa shape index (κ2) is 9.76. The molecule has 0 aliphatic heterocycles. The highest BCUT2D eigenvalue weighted by atomic mass is 14.1. The summed E-state index contributed by atoms with van der Waals surface area (Å²) in [5.41, 5.74) is 5.80. The fourth-order valence-electron chi connectivity index (χ4n) is 1.40. The lowest BCUT2D eigenvalue weighted by atomic mass is 9.98. The summed E-state index contributed by atoms with van der Waals surface area (Å²) in [6.45, 7) is 16.8. The molecule has 1 aromatic rings. The van der Waals surface area contributed by atoms with Crippen LogP contribution >= 0.6 is 0 Å². The van der Waals surface area contributed by atoms with Gasteiger partial charge in [0.2, 0.25) is 0 Å². The van der Waals surface area contributed by atoms with Gasteiger partial charge in [-0.2, -0.15) is 0 Å². The maximum atomic E-state index is 2.23. The highest BCUT2D eigenvalue weighted by molar-refractivity contribution is 5.38. The van der Waals surface area contributed by atoms with Crippen molar-refractivity contribution in [2.45, 2.75) is 61.8 Å². The van der Waals surface area contributed by atoms with Gasteiger partial charge in [-0.3, -0.25) is 0 Å². The van der Waals surface area contributed by atoms with Crippen molar-refractivity contribution >= 4 is 0 Å². The van der Waals surface area contributed by atoms with E-state index in [0.29, 0.717) is 0 Å². The Morgan fingerprint density at radius 1 is 0.800 bits per heavy atom. The Kier molecular flexibility index (Phi) is 10.8. The zero-order valence-corrected chi connectivity index (χ0v) is 11.9. The minimum atomic E-state index is 1.15. The van der Waals surface area contributed by atoms with E-state index in [-0.39, 0.29) is 0 Å². The first-order chi connectivity index (χ1) is 7.16. The molecule has 1 aromatic carbocycles. The molecule has 0 atom stereocenters. The maximum Gasteiger partial charge on any atom is -0.0305 e. The molecular formula is C15H28. The van der Waals surface area contributed by atoms with E-state index in [1.54, 1.807) is 0 Å². The molecule has 0 N–H and O–H groups in total. The first-order valence-electron chi connectivity index (χ1n) is 6.22. The topological polar surface area (TPSA) is 0 Å². The van der Waals surface area contributed by atoms with Gasteiger partial charge in [-0.05, 0) is 49.4 Å². The fraction of sp³-hybridized carbons (Fsp3) is 0.600. The lowest BCUT2D eigenvalue weighted by molar-refractivity contribution is 1.08. The Morgan fingerprint density at radius 3 is 1.67 bits per heavy atom. The molecular weight excluding hydrogens is 180 g/mol. The summed E-state index contributed by atoms with van der Waals surface area (Å²) in [7, 11) is 0. The molecule has 0 amide bonds.